The Hall–Kier alpha value is -3.55. The first-order chi connectivity index (χ1) is 27.9. The van der Waals surface area contributed by atoms with Crippen molar-refractivity contribution in [2.45, 2.75) is 169 Å². The standard InChI is InChI=1S/C47H82N6O7/c1-18-32(8)41(52(15)46(58)40(30(4)5)51(14)45(57)39(29(2)3)50(13)31(6)7)37(59-16)28-38(54)53-26-22-25-36(53)42(60-17)33(9)43(55)48-35(44(56)49-47(10,11)12)27-34-23-20-19-21-24-34/h19-21,23-24,29-33,35-37,39-42H,18,22,25-28H2,1-17H3,(H,48,55)(H,49,56)/t32-,33+,35-,36-,37+,39-,40-,41-,42+/m0/s1. The van der Waals surface area contributed by atoms with Gasteiger partial charge in [-0.15, -0.1) is 0 Å². The van der Waals surface area contributed by atoms with Crippen molar-refractivity contribution in [2.75, 3.05) is 41.9 Å². The third-order valence-electron chi connectivity index (χ3n) is 12.5. The van der Waals surface area contributed by atoms with Crippen LogP contribution >= 0.6 is 0 Å². The van der Waals surface area contributed by atoms with Crippen molar-refractivity contribution in [1.82, 2.24) is 30.2 Å². The van der Waals surface area contributed by atoms with Crippen LogP contribution in [-0.2, 0) is 39.9 Å². The number of nitrogens with zero attached hydrogens (tertiary/aromatic N) is 4. The SMILES string of the molecule is CC[C@H](C)[C@@H]([C@@H](CC(=O)N1CCC[C@H]1[C@H](OC)[C@@H](C)C(=O)N[C@@H](Cc1ccccc1)C(=O)NC(C)(C)C)OC)N(C)C(=O)[C@H](C(C)C)N(C)C(=O)[C@H](C(C)C)N(C)C(C)C. The van der Waals surface area contributed by atoms with E-state index in [1.165, 1.54) is 0 Å². The normalized spacial score (nSPS) is 18.8. The number of hydrogen-bond donors (Lipinski definition) is 2. The van der Waals surface area contributed by atoms with Crippen LogP contribution in [-0.4, -0.2) is 145 Å². The van der Waals surface area contributed by atoms with Gasteiger partial charge < -0.3 is 34.8 Å². The highest BCUT2D eigenvalue weighted by molar-refractivity contribution is 5.91. The molecule has 1 aromatic rings. The van der Waals surface area contributed by atoms with Crippen molar-refractivity contribution < 1.29 is 33.4 Å². The largest absolute Gasteiger partial charge is 0.379 e. The molecule has 13 heteroatoms. The van der Waals surface area contributed by atoms with Crippen LogP contribution in [0.25, 0.3) is 0 Å². The molecule has 1 aromatic carbocycles. The van der Waals surface area contributed by atoms with E-state index in [0.29, 0.717) is 19.4 Å². The van der Waals surface area contributed by atoms with Crippen molar-refractivity contribution in [2.24, 2.45) is 23.7 Å². The number of likely N-dealkylation sites (tertiary alicyclic amines) is 1. The Kier molecular flexibility index (Phi) is 20.7. The summed E-state index contributed by atoms with van der Waals surface area (Å²) in [6.07, 6.45) is 1.16. The minimum atomic E-state index is -0.814. The maximum absolute atomic E-state index is 14.6. The number of methoxy groups -OCH3 is 2. The highest BCUT2D eigenvalue weighted by Gasteiger charge is 2.44. The number of rotatable bonds is 22. The Morgan fingerprint density at radius 2 is 1.38 bits per heavy atom. The molecule has 0 bridgehead atoms. The van der Waals surface area contributed by atoms with E-state index < -0.39 is 47.8 Å². The van der Waals surface area contributed by atoms with E-state index in [9.17, 15) is 24.0 Å². The third-order valence-corrected chi connectivity index (χ3v) is 12.5. The molecule has 1 heterocycles. The van der Waals surface area contributed by atoms with Gasteiger partial charge in [0.05, 0.1) is 42.7 Å². The number of likely N-dealkylation sites (N-methyl/N-ethyl adjacent to an activating group) is 3. The summed E-state index contributed by atoms with van der Waals surface area (Å²) in [5.41, 5.74) is 0.422. The van der Waals surface area contributed by atoms with Crippen LogP contribution in [0.4, 0.5) is 0 Å². The zero-order chi connectivity index (χ0) is 45.8. The number of hydrogen-bond acceptors (Lipinski definition) is 8. The van der Waals surface area contributed by atoms with Crippen LogP contribution in [0.15, 0.2) is 30.3 Å². The summed E-state index contributed by atoms with van der Waals surface area (Å²) in [7, 11) is 8.56. The molecule has 1 aliphatic heterocycles. The van der Waals surface area contributed by atoms with Crippen LogP contribution in [0.5, 0.6) is 0 Å². The molecule has 342 valence electrons. The van der Waals surface area contributed by atoms with Crippen LogP contribution in [0, 0.1) is 23.7 Å². The van der Waals surface area contributed by atoms with Crippen molar-refractivity contribution >= 4 is 29.5 Å². The molecule has 5 amide bonds. The second-order valence-corrected chi connectivity index (χ2v) is 19.2. The van der Waals surface area contributed by atoms with Gasteiger partial charge in [0, 0.05) is 52.9 Å². The van der Waals surface area contributed by atoms with Crippen LogP contribution in [0.2, 0.25) is 0 Å². The van der Waals surface area contributed by atoms with E-state index in [1.54, 1.807) is 49.9 Å². The number of benzene rings is 1. The van der Waals surface area contributed by atoms with E-state index in [0.717, 1.165) is 18.4 Å². The molecule has 60 heavy (non-hydrogen) atoms. The number of carbonyl (C=O) groups excluding carboxylic acids is 5. The topological polar surface area (TPSA) is 141 Å². The van der Waals surface area contributed by atoms with E-state index in [2.05, 4.69) is 43.2 Å². The average Bonchev–Trinajstić information content (AvgIpc) is 3.66. The summed E-state index contributed by atoms with van der Waals surface area (Å²) in [5.74, 6) is -1.93. The average molecular weight is 843 g/mol. The van der Waals surface area contributed by atoms with Gasteiger partial charge in [0.15, 0.2) is 0 Å². The fourth-order valence-corrected chi connectivity index (χ4v) is 8.83. The minimum Gasteiger partial charge on any atom is -0.379 e. The monoisotopic (exact) mass is 843 g/mol. The molecular weight excluding hydrogens is 761 g/mol. The quantitative estimate of drug-likeness (QED) is 0.158. The first kappa shape index (κ1) is 52.6. The van der Waals surface area contributed by atoms with Gasteiger partial charge in [-0.05, 0) is 77.8 Å². The van der Waals surface area contributed by atoms with Crippen molar-refractivity contribution in [3.8, 4) is 0 Å². The molecule has 1 saturated heterocycles. The molecule has 13 nitrogen and oxygen atoms in total. The molecule has 2 N–H and O–H groups in total. The zero-order valence-electron chi connectivity index (χ0n) is 40.2. The van der Waals surface area contributed by atoms with Gasteiger partial charge in [-0.25, -0.2) is 0 Å². The van der Waals surface area contributed by atoms with E-state index in [1.807, 2.05) is 85.8 Å². The summed E-state index contributed by atoms with van der Waals surface area (Å²) in [5, 5.41) is 6.01. The summed E-state index contributed by atoms with van der Waals surface area (Å²) in [6.45, 7) is 24.2. The second-order valence-electron chi connectivity index (χ2n) is 19.2. The van der Waals surface area contributed by atoms with Crippen molar-refractivity contribution in [1.29, 1.82) is 0 Å². The first-order valence-electron chi connectivity index (χ1n) is 22.2. The predicted molar refractivity (Wildman–Crippen MR) is 239 cm³/mol. The predicted octanol–water partition coefficient (Wildman–Crippen LogP) is 5.40. The van der Waals surface area contributed by atoms with E-state index in [-0.39, 0.29) is 65.8 Å². The number of nitrogens with one attached hydrogen (secondary N) is 2. The lowest BCUT2D eigenvalue weighted by molar-refractivity contribution is -0.154. The molecular formula is C47H82N6O7. The molecule has 0 radical (unpaired) electrons. The summed E-state index contributed by atoms with van der Waals surface area (Å²) in [6, 6.07) is 6.91. The van der Waals surface area contributed by atoms with E-state index in [4.69, 9.17) is 9.47 Å². The summed E-state index contributed by atoms with van der Waals surface area (Å²) in [4.78, 5) is 77.8. The zero-order valence-corrected chi connectivity index (χ0v) is 40.2. The van der Waals surface area contributed by atoms with Gasteiger partial charge in [-0.3, -0.25) is 28.9 Å². The molecule has 0 unspecified atom stereocenters. The minimum absolute atomic E-state index is 0.0124. The lowest BCUT2D eigenvalue weighted by Crippen LogP contribution is -2.60. The highest BCUT2D eigenvalue weighted by Crippen LogP contribution is 2.30. The molecule has 9 atom stereocenters. The number of carbonyl (C=O) groups is 5. The smallest absolute Gasteiger partial charge is 0.245 e. The number of ether oxygens (including phenoxy) is 2. The fraction of sp³-hybridized carbons (Fsp3) is 0.766. The first-order valence-corrected chi connectivity index (χ1v) is 22.2. The highest BCUT2D eigenvalue weighted by atomic mass is 16.5. The lowest BCUT2D eigenvalue weighted by Gasteiger charge is -2.43. The van der Waals surface area contributed by atoms with Crippen molar-refractivity contribution in [3.63, 3.8) is 0 Å². The molecule has 0 aromatic heterocycles. The molecule has 1 fully saturated rings. The van der Waals surface area contributed by atoms with Crippen molar-refractivity contribution in [3.05, 3.63) is 35.9 Å². The maximum Gasteiger partial charge on any atom is 0.245 e. The number of amides is 5. The maximum atomic E-state index is 14.6. The Balaban J connectivity index is 2.36. The Bertz CT molecular complexity index is 1530. The van der Waals surface area contributed by atoms with Gasteiger partial charge in [0.2, 0.25) is 29.5 Å². The van der Waals surface area contributed by atoms with Gasteiger partial charge in [0.1, 0.15) is 12.1 Å². The van der Waals surface area contributed by atoms with Crippen LogP contribution in [0.1, 0.15) is 114 Å². The van der Waals surface area contributed by atoms with Gasteiger partial charge in [0.25, 0.3) is 0 Å². The van der Waals surface area contributed by atoms with Gasteiger partial charge >= 0.3 is 0 Å². The Morgan fingerprint density at radius 3 is 1.87 bits per heavy atom. The molecule has 0 aliphatic carbocycles. The van der Waals surface area contributed by atoms with Crippen LogP contribution in [0.3, 0.4) is 0 Å². The van der Waals surface area contributed by atoms with E-state index >= 15 is 0 Å². The summed E-state index contributed by atoms with van der Waals surface area (Å²) >= 11 is 0. The van der Waals surface area contributed by atoms with Gasteiger partial charge in [-0.2, -0.15) is 0 Å². The third kappa shape index (κ3) is 14.0. The molecule has 2 rings (SSSR count). The van der Waals surface area contributed by atoms with Crippen LogP contribution < -0.4 is 10.6 Å². The Morgan fingerprint density at radius 1 is 0.817 bits per heavy atom. The second kappa shape index (κ2) is 23.6. The fourth-order valence-electron chi connectivity index (χ4n) is 8.83. The molecule has 0 spiro atoms. The lowest BCUT2D eigenvalue weighted by atomic mass is 9.89. The molecule has 1 aliphatic rings. The van der Waals surface area contributed by atoms with Gasteiger partial charge in [-0.1, -0.05) is 85.2 Å². The molecule has 0 saturated carbocycles. The Labute approximate surface area is 363 Å². The summed E-state index contributed by atoms with van der Waals surface area (Å²) < 4.78 is 12.1.